The van der Waals surface area contributed by atoms with Crippen molar-refractivity contribution in [2.45, 2.75) is 124 Å². The summed E-state index contributed by atoms with van der Waals surface area (Å²) in [5.41, 5.74) is 14.8. The van der Waals surface area contributed by atoms with Gasteiger partial charge in [-0.2, -0.15) is 0 Å². The Labute approximate surface area is 320 Å². The first-order valence-corrected chi connectivity index (χ1v) is 19.7. The summed E-state index contributed by atoms with van der Waals surface area (Å²) in [6, 6.07) is 22.8. The van der Waals surface area contributed by atoms with Crippen LogP contribution in [-0.2, 0) is 15.6 Å². The second-order valence-electron chi connectivity index (χ2n) is 18.6. The summed E-state index contributed by atoms with van der Waals surface area (Å²) in [6.07, 6.45) is 5.18. The highest BCUT2D eigenvalue weighted by Gasteiger charge is 2.55. The van der Waals surface area contributed by atoms with E-state index in [4.69, 9.17) is 19.5 Å². The van der Waals surface area contributed by atoms with Gasteiger partial charge in [-0.25, -0.2) is 9.98 Å². The molecule has 54 heavy (non-hydrogen) atoms. The number of hydrogen-bond acceptors (Lipinski definition) is 4. The lowest BCUT2D eigenvalue weighted by atomic mass is 9.73. The minimum Gasteiger partial charge on any atom is -0.469 e. The van der Waals surface area contributed by atoms with Gasteiger partial charge in [-0.05, 0) is 154 Å². The molecule has 2 aliphatic heterocycles. The maximum absolute atomic E-state index is 7.05. The van der Waals surface area contributed by atoms with Gasteiger partial charge >= 0.3 is 0 Å². The van der Waals surface area contributed by atoms with E-state index in [9.17, 15) is 0 Å². The van der Waals surface area contributed by atoms with Gasteiger partial charge < -0.3 is 9.47 Å². The molecule has 6 aromatic rings. The highest BCUT2D eigenvalue weighted by molar-refractivity contribution is 6.12. The molecule has 5 nitrogen and oxygen atoms in total. The van der Waals surface area contributed by atoms with Crippen LogP contribution in [0.2, 0.25) is 0 Å². The van der Waals surface area contributed by atoms with Crippen molar-refractivity contribution in [3.05, 3.63) is 117 Å². The van der Waals surface area contributed by atoms with E-state index in [0.717, 1.165) is 58.8 Å². The Kier molecular flexibility index (Phi) is 7.30. The number of pyridine rings is 1. The van der Waals surface area contributed by atoms with E-state index in [1.165, 1.54) is 60.8 Å². The van der Waals surface area contributed by atoms with Crippen LogP contribution in [0.1, 0.15) is 118 Å². The zero-order valence-corrected chi connectivity index (χ0v) is 34.1. The standard InChI is InChI=1S/C49H53N3O2/c1-27-16-30(4)42(31(5)17-27)32-20-33(45-51-48(11)14-13-15-49(48,12)54-45)22-35(21-32)53-41-25-40-36(19-29(41)3)37-23-34(46(6,7)8)24-38-43(37)52(40)44-39(47(38,9)10)18-28(2)26-50-44/h16-26H,13-15H2,1-12H3/t48-,49+/m1/s1. The molecule has 9 rings (SSSR count). The minimum atomic E-state index is -0.293. The van der Waals surface area contributed by atoms with Gasteiger partial charge in [0.15, 0.2) is 0 Å². The average molecular weight is 716 g/mol. The number of fused-ring (bicyclic) bond motifs is 6. The third-order valence-electron chi connectivity index (χ3n) is 13.1. The van der Waals surface area contributed by atoms with Gasteiger partial charge in [0.2, 0.25) is 5.90 Å². The molecule has 2 atom stereocenters. The predicted molar refractivity (Wildman–Crippen MR) is 223 cm³/mol. The van der Waals surface area contributed by atoms with Gasteiger partial charge in [-0.1, -0.05) is 58.4 Å². The van der Waals surface area contributed by atoms with Gasteiger partial charge in [0, 0.05) is 39.6 Å². The Hall–Kier alpha value is -4.90. The molecule has 5 heteroatoms. The Morgan fingerprint density at radius 1 is 0.722 bits per heavy atom. The summed E-state index contributed by atoms with van der Waals surface area (Å²) in [6.45, 7) is 27.0. The third kappa shape index (κ3) is 5.03. The fourth-order valence-corrected chi connectivity index (χ4v) is 9.77. The minimum absolute atomic E-state index is 0.00384. The first-order valence-electron chi connectivity index (χ1n) is 19.7. The summed E-state index contributed by atoms with van der Waals surface area (Å²) in [5, 5.41) is 2.48. The summed E-state index contributed by atoms with van der Waals surface area (Å²) >= 11 is 0. The van der Waals surface area contributed by atoms with Crippen LogP contribution in [0.5, 0.6) is 11.5 Å². The molecule has 0 radical (unpaired) electrons. The molecule has 0 unspecified atom stereocenters. The maximum atomic E-state index is 7.05. The zero-order valence-electron chi connectivity index (χ0n) is 34.1. The van der Waals surface area contributed by atoms with Crippen molar-refractivity contribution in [1.82, 2.24) is 9.55 Å². The largest absolute Gasteiger partial charge is 0.469 e. The monoisotopic (exact) mass is 715 g/mol. The van der Waals surface area contributed by atoms with E-state index in [1.54, 1.807) is 0 Å². The molecule has 4 aromatic carbocycles. The fourth-order valence-electron chi connectivity index (χ4n) is 9.77. The molecule has 1 saturated carbocycles. The van der Waals surface area contributed by atoms with Crippen LogP contribution in [0.15, 0.2) is 71.9 Å². The number of aryl methyl sites for hydroxylation is 5. The Bertz CT molecular complexity index is 2610. The number of nitrogens with zero attached hydrogens (tertiary/aromatic N) is 3. The van der Waals surface area contributed by atoms with Crippen molar-refractivity contribution < 1.29 is 9.47 Å². The zero-order chi connectivity index (χ0) is 38.3. The van der Waals surface area contributed by atoms with E-state index < -0.39 is 0 Å². The van der Waals surface area contributed by atoms with Crippen LogP contribution < -0.4 is 4.74 Å². The van der Waals surface area contributed by atoms with Crippen molar-refractivity contribution in [1.29, 1.82) is 0 Å². The second kappa shape index (κ2) is 11.3. The first kappa shape index (κ1) is 34.8. The van der Waals surface area contributed by atoms with Crippen molar-refractivity contribution in [3.63, 3.8) is 0 Å². The predicted octanol–water partition coefficient (Wildman–Crippen LogP) is 12.6. The molecule has 2 aromatic heterocycles. The molecule has 276 valence electrons. The Morgan fingerprint density at radius 3 is 2.15 bits per heavy atom. The van der Waals surface area contributed by atoms with Gasteiger partial charge in [0.05, 0.1) is 11.0 Å². The molecule has 3 aliphatic rings. The topological polar surface area (TPSA) is 48.6 Å². The second-order valence-corrected chi connectivity index (χ2v) is 18.6. The molecule has 0 saturated heterocycles. The molecule has 1 fully saturated rings. The number of aromatic nitrogens is 2. The van der Waals surface area contributed by atoms with Gasteiger partial charge in [0.1, 0.15) is 28.5 Å². The molecule has 0 spiro atoms. The number of benzene rings is 4. The van der Waals surface area contributed by atoms with Gasteiger partial charge in [-0.3, -0.25) is 4.57 Å². The van der Waals surface area contributed by atoms with Crippen molar-refractivity contribution in [3.8, 4) is 28.4 Å². The lowest BCUT2D eigenvalue weighted by Gasteiger charge is -2.35. The lowest BCUT2D eigenvalue weighted by Crippen LogP contribution is -2.41. The van der Waals surface area contributed by atoms with Crippen LogP contribution >= 0.6 is 0 Å². The molecular formula is C49H53N3O2. The van der Waals surface area contributed by atoms with Crippen LogP contribution in [0, 0.1) is 34.6 Å². The highest BCUT2D eigenvalue weighted by atomic mass is 16.5. The summed E-state index contributed by atoms with van der Waals surface area (Å²) in [5.74, 6) is 3.30. The molecular weight excluding hydrogens is 663 g/mol. The van der Waals surface area contributed by atoms with E-state index in [2.05, 4.69) is 148 Å². The average Bonchev–Trinajstić information content (AvgIpc) is 3.64. The number of rotatable bonds is 4. The van der Waals surface area contributed by atoms with Crippen LogP contribution in [0.25, 0.3) is 38.8 Å². The number of ether oxygens (including phenoxy) is 2. The van der Waals surface area contributed by atoms with Crippen LogP contribution in [0.4, 0.5) is 0 Å². The van der Waals surface area contributed by atoms with E-state index >= 15 is 0 Å². The van der Waals surface area contributed by atoms with Gasteiger partial charge in [-0.15, -0.1) is 0 Å². The quantitative estimate of drug-likeness (QED) is 0.183. The smallest absolute Gasteiger partial charge is 0.217 e. The van der Waals surface area contributed by atoms with Gasteiger partial charge in [0.25, 0.3) is 0 Å². The van der Waals surface area contributed by atoms with Crippen LogP contribution in [0.3, 0.4) is 0 Å². The third-order valence-corrected chi connectivity index (χ3v) is 13.1. The van der Waals surface area contributed by atoms with Crippen LogP contribution in [-0.4, -0.2) is 26.6 Å². The molecule has 0 bridgehead atoms. The molecule has 4 heterocycles. The summed E-state index contributed by atoms with van der Waals surface area (Å²) in [4.78, 5) is 10.4. The van der Waals surface area contributed by atoms with Crippen molar-refractivity contribution in [2.24, 2.45) is 4.99 Å². The normalized spacial score (nSPS) is 21.3. The summed E-state index contributed by atoms with van der Waals surface area (Å²) in [7, 11) is 0. The van der Waals surface area contributed by atoms with Crippen molar-refractivity contribution >= 4 is 27.7 Å². The Balaban J connectivity index is 1.26. The molecule has 0 N–H and O–H groups in total. The SMILES string of the molecule is Cc1cc(C)c(-c2cc(Oc3cc4c(cc3C)c3cc(C(C)(C)C)cc5c3n4-c3ncc(C)cc3C5(C)C)cc(C3=N[C@]4(C)CCC[C@]4(C)O3)c2)c(C)c1. The van der Waals surface area contributed by atoms with E-state index in [0.29, 0.717) is 5.90 Å². The highest BCUT2D eigenvalue weighted by Crippen LogP contribution is 2.51. The van der Waals surface area contributed by atoms with E-state index in [1.807, 2.05) is 6.20 Å². The molecule has 0 amide bonds. The maximum Gasteiger partial charge on any atom is 0.217 e. The summed E-state index contributed by atoms with van der Waals surface area (Å²) < 4.78 is 16.2. The first-order chi connectivity index (χ1) is 25.4. The van der Waals surface area contributed by atoms with Crippen molar-refractivity contribution in [2.75, 3.05) is 0 Å². The lowest BCUT2D eigenvalue weighted by molar-refractivity contribution is 0.0580. The number of aliphatic imine (C=N–C) groups is 1. The fraction of sp³-hybridized carbons (Fsp3) is 0.388. The molecule has 1 aliphatic carbocycles. The number of hydrogen-bond donors (Lipinski definition) is 0. The Morgan fingerprint density at radius 2 is 1.44 bits per heavy atom. The van der Waals surface area contributed by atoms with E-state index in [-0.39, 0.29) is 22.0 Å².